The molecule has 0 aliphatic carbocycles. The molecule has 0 N–H and O–H groups in total. The van der Waals surface area contributed by atoms with Gasteiger partial charge in [0.25, 0.3) is 5.56 Å². The van der Waals surface area contributed by atoms with Crippen LogP contribution in [0.4, 0.5) is 0 Å². The van der Waals surface area contributed by atoms with Crippen LogP contribution in [-0.4, -0.2) is 22.0 Å². The van der Waals surface area contributed by atoms with E-state index < -0.39 is 5.97 Å². The molecule has 0 amide bonds. The van der Waals surface area contributed by atoms with Gasteiger partial charge in [-0.15, -0.1) is 0 Å². The summed E-state index contributed by atoms with van der Waals surface area (Å²) in [6.45, 7) is 2.24. The highest BCUT2D eigenvalue weighted by Gasteiger charge is 2.17. The lowest BCUT2D eigenvalue weighted by Crippen LogP contribution is -2.22. The van der Waals surface area contributed by atoms with Crippen LogP contribution in [0.25, 0.3) is 22.1 Å². The predicted octanol–water partition coefficient (Wildman–Crippen LogP) is 4.84. The minimum Gasteiger partial charge on any atom is -0.490 e. The summed E-state index contributed by atoms with van der Waals surface area (Å²) in [6.07, 6.45) is 1.78. The van der Waals surface area contributed by atoms with E-state index in [0.29, 0.717) is 31.9 Å². The molecule has 5 aromatic rings. The summed E-state index contributed by atoms with van der Waals surface area (Å²) in [7, 11) is 0. The van der Waals surface area contributed by atoms with E-state index in [1.807, 2.05) is 37.3 Å². The number of hydrogen-bond donors (Lipinski definition) is 0. The standard InChI is InChI=1S/C25H17BrN2O4S/c1-2-31-20-13-15(12-17(26)22(20)32-24(30)16-8-4-3-5-9-16)14-21-23(29)28-19-11-7-6-10-18(19)27-25(28)33-21/h3-14H,2H2,1H3/b21-14-. The second-order valence-corrected chi connectivity index (χ2v) is 9.02. The Morgan fingerprint density at radius 1 is 1.12 bits per heavy atom. The lowest BCUT2D eigenvalue weighted by atomic mass is 10.2. The van der Waals surface area contributed by atoms with Gasteiger partial charge < -0.3 is 9.47 Å². The largest absolute Gasteiger partial charge is 0.490 e. The Balaban J connectivity index is 1.57. The first-order valence-corrected chi connectivity index (χ1v) is 11.8. The number of nitrogens with zero attached hydrogens (tertiary/aromatic N) is 2. The molecule has 0 fully saturated rings. The molecule has 33 heavy (non-hydrogen) atoms. The fourth-order valence-electron chi connectivity index (χ4n) is 3.52. The van der Waals surface area contributed by atoms with Crippen molar-refractivity contribution in [3.63, 3.8) is 0 Å². The molecule has 0 radical (unpaired) electrons. The minimum absolute atomic E-state index is 0.127. The van der Waals surface area contributed by atoms with Crippen molar-refractivity contribution in [1.29, 1.82) is 0 Å². The van der Waals surface area contributed by atoms with E-state index in [-0.39, 0.29) is 11.3 Å². The number of fused-ring (bicyclic) bond motifs is 3. The maximum Gasteiger partial charge on any atom is 0.343 e. The number of halogens is 1. The zero-order chi connectivity index (χ0) is 22.9. The van der Waals surface area contributed by atoms with Crippen LogP contribution in [0.5, 0.6) is 11.5 Å². The topological polar surface area (TPSA) is 69.9 Å². The Morgan fingerprint density at radius 2 is 1.88 bits per heavy atom. The molecule has 2 heterocycles. The van der Waals surface area contributed by atoms with Gasteiger partial charge in [-0.3, -0.25) is 4.79 Å². The first kappa shape index (κ1) is 21.4. The number of carbonyl (C=O) groups excluding carboxylic acids is 1. The summed E-state index contributed by atoms with van der Waals surface area (Å²) >= 11 is 4.82. The van der Waals surface area contributed by atoms with E-state index in [4.69, 9.17) is 9.47 Å². The number of aromatic nitrogens is 2. The molecule has 0 aliphatic rings. The van der Waals surface area contributed by atoms with E-state index >= 15 is 0 Å². The number of imidazole rings is 1. The predicted molar refractivity (Wildman–Crippen MR) is 132 cm³/mol. The fourth-order valence-corrected chi connectivity index (χ4v) is 5.05. The van der Waals surface area contributed by atoms with Gasteiger partial charge in [0.2, 0.25) is 0 Å². The van der Waals surface area contributed by atoms with Gasteiger partial charge in [-0.05, 0) is 70.9 Å². The Hall–Kier alpha value is -3.49. The number of para-hydroxylation sites is 2. The van der Waals surface area contributed by atoms with Crippen molar-refractivity contribution >= 4 is 55.3 Å². The fraction of sp³-hybridized carbons (Fsp3) is 0.0800. The van der Waals surface area contributed by atoms with Crippen LogP contribution in [0.2, 0.25) is 0 Å². The van der Waals surface area contributed by atoms with E-state index in [1.54, 1.807) is 46.9 Å². The van der Waals surface area contributed by atoms with Crippen molar-refractivity contribution in [1.82, 2.24) is 9.38 Å². The van der Waals surface area contributed by atoms with Gasteiger partial charge in [-0.1, -0.05) is 41.7 Å². The van der Waals surface area contributed by atoms with Gasteiger partial charge in [0.15, 0.2) is 16.5 Å². The van der Waals surface area contributed by atoms with Gasteiger partial charge in [-0.2, -0.15) is 0 Å². The molecule has 3 aromatic carbocycles. The molecule has 164 valence electrons. The average molecular weight is 521 g/mol. The first-order chi connectivity index (χ1) is 16.0. The molecular weight excluding hydrogens is 504 g/mol. The van der Waals surface area contributed by atoms with Crippen molar-refractivity contribution in [2.75, 3.05) is 6.61 Å². The maximum atomic E-state index is 13.1. The highest BCUT2D eigenvalue weighted by atomic mass is 79.9. The molecular formula is C25H17BrN2O4S. The van der Waals surface area contributed by atoms with Crippen LogP contribution in [0, 0.1) is 0 Å². The van der Waals surface area contributed by atoms with Gasteiger partial charge in [-0.25, -0.2) is 14.2 Å². The zero-order valence-electron chi connectivity index (χ0n) is 17.4. The lowest BCUT2D eigenvalue weighted by Gasteiger charge is -2.13. The third kappa shape index (κ3) is 4.03. The highest BCUT2D eigenvalue weighted by Crippen LogP contribution is 2.37. The van der Waals surface area contributed by atoms with Crippen LogP contribution in [0.15, 0.2) is 76.0 Å². The van der Waals surface area contributed by atoms with Crippen molar-refractivity contribution in [2.45, 2.75) is 6.92 Å². The van der Waals surface area contributed by atoms with Crippen LogP contribution >= 0.6 is 27.3 Å². The van der Waals surface area contributed by atoms with Crippen LogP contribution in [0.3, 0.4) is 0 Å². The number of carbonyl (C=O) groups is 1. The molecule has 0 unspecified atom stereocenters. The number of thiazole rings is 1. The summed E-state index contributed by atoms with van der Waals surface area (Å²) in [5.41, 5.74) is 2.62. The van der Waals surface area contributed by atoms with Crippen molar-refractivity contribution in [3.8, 4) is 11.5 Å². The summed E-state index contributed by atoms with van der Waals surface area (Å²) in [6, 6.07) is 19.8. The van der Waals surface area contributed by atoms with Crippen molar-refractivity contribution in [2.24, 2.45) is 0 Å². The number of hydrogen-bond acceptors (Lipinski definition) is 6. The molecule has 0 atom stereocenters. The Kier molecular flexibility index (Phi) is 5.70. The van der Waals surface area contributed by atoms with Crippen LogP contribution < -0.4 is 19.6 Å². The molecule has 0 spiro atoms. The maximum absolute atomic E-state index is 13.1. The number of esters is 1. The number of rotatable bonds is 5. The minimum atomic E-state index is -0.484. The van der Waals surface area contributed by atoms with E-state index in [9.17, 15) is 9.59 Å². The molecule has 6 nitrogen and oxygen atoms in total. The smallest absolute Gasteiger partial charge is 0.343 e. The average Bonchev–Trinajstić information content (AvgIpc) is 3.33. The van der Waals surface area contributed by atoms with Gasteiger partial charge >= 0.3 is 5.97 Å². The molecule has 0 bridgehead atoms. The normalized spacial score (nSPS) is 11.9. The first-order valence-electron chi connectivity index (χ1n) is 10.2. The van der Waals surface area contributed by atoms with E-state index in [0.717, 1.165) is 16.6 Å². The monoisotopic (exact) mass is 520 g/mol. The Bertz CT molecular complexity index is 1610. The third-order valence-corrected chi connectivity index (χ3v) is 6.54. The van der Waals surface area contributed by atoms with E-state index in [2.05, 4.69) is 20.9 Å². The molecule has 0 aliphatic heterocycles. The quantitative estimate of drug-likeness (QED) is 0.245. The summed E-state index contributed by atoms with van der Waals surface area (Å²) in [5, 5.41) is 0. The summed E-state index contributed by atoms with van der Waals surface area (Å²) < 4.78 is 14.1. The van der Waals surface area contributed by atoms with Crippen molar-refractivity contribution < 1.29 is 14.3 Å². The zero-order valence-corrected chi connectivity index (χ0v) is 19.9. The second kappa shape index (κ2) is 8.80. The van der Waals surface area contributed by atoms with Crippen LogP contribution in [-0.2, 0) is 0 Å². The molecule has 0 saturated carbocycles. The number of ether oxygens (including phenoxy) is 2. The Labute approximate surface area is 200 Å². The van der Waals surface area contributed by atoms with Crippen LogP contribution in [0.1, 0.15) is 22.8 Å². The third-order valence-electron chi connectivity index (χ3n) is 4.98. The molecule has 8 heteroatoms. The molecule has 2 aromatic heterocycles. The van der Waals surface area contributed by atoms with E-state index in [1.165, 1.54) is 11.3 Å². The lowest BCUT2D eigenvalue weighted by molar-refractivity contribution is 0.0727. The summed E-state index contributed by atoms with van der Waals surface area (Å²) in [5.74, 6) is 0.209. The summed E-state index contributed by atoms with van der Waals surface area (Å²) in [4.78, 5) is 30.8. The van der Waals surface area contributed by atoms with Gasteiger partial charge in [0.05, 0.1) is 32.2 Å². The number of benzene rings is 3. The Morgan fingerprint density at radius 3 is 2.67 bits per heavy atom. The highest BCUT2D eigenvalue weighted by molar-refractivity contribution is 9.10. The van der Waals surface area contributed by atoms with Gasteiger partial charge in [0.1, 0.15) is 0 Å². The van der Waals surface area contributed by atoms with Gasteiger partial charge in [0, 0.05) is 0 Å². The molecule has 5 rings (SSSR count). The molecule has 0 saturated heterocycles. The van der Waals surface area contributed by atoms with Crippen molar-refractivity contribution in [3.05, 3.63) is 97.2 Å². The SMILES string of the molecule is CCOc1cc(/C=c2\sc3nc4ccccc4n3c2=O)cc(Br)c1OC(=O)c1ccccc1. The second-order valence-electron chi connectivity index (χ2n) is 7.15.